The van der Waals surface area contributed by atoms with Crippen molar-refractivity contribution < 1.29 is 14.2 Å². The van der Waals surface area contributed by atoms with E-state index >= 15 is 0 Å². The first kappa shape index (κ1) is 15.9. The van der Waals surface area contributed by atoms with Gasteiger partial charge in [-0.2, -0.15) is 0 Å². The molecule has 0 amide bonds. The smallest absolute Gasteiger partial charge is 0.128 e. The molecule has 0 spiro atoms. The Morgan fingerprint density at radius 2 is 2.00 bits per heavy atom. The Hall–Kier alpha value is -0.970. The van der Waals surface area contributed by atoms with Crippen LogP contribution in [-0.4, -0.2) is 41.3 Å². The van der Waals surface area contributed by atoms with Crippen molar-refractivity contribution in [2.75, 3.05) is 13.2 Å². The molecule has 4 heteroatoms. The predicted molar refractivity (Wildman–Crippen MR) is 84.0 cm³/mol. The van der Waals surface area contributed by atoms with Crippen LogP contribution in [0.2, 0.25) is 0 Å². The van der Waals surface area contributed by atoms with Crippen LogP contribution in [0.25, 0.3) is 0 Å². The summed E-state index contributed by atoms with van der Waals surface area (Å²) >= 11 is 0. The molecule has 0 bridgehead atoms. The first-order chi connectivity index (χ1) is 10.6. The fraction of sp³-hybridized carbons (Fsp3) is 0.667. The lowest BCUT2D eigenvalue weighted by atomic mass is 10.1. The highest BCUT2D eigenvalue weighted by Gasteiger charge is 2.39. The molecule has 3 nitrogen and oxygen atoms in total. The number of hydrogen-bond donors (Lipinski definition) is 1. The normalized spacial score (nSPS) is 21.1. The zero-order valence-corrected chi connectivity index (χ0v) is 13.2. The summed E-state index contributed by atoms with van der Waals surface area (Å²) in [5.41, 5.74) is 0.542. The van der Waals surface area contributed by atoms with Crippen LogP contribution in [0.3, 0.4) is 0 Å². The second kappa shape index (κ2) is 7.07. The van der Waals surface area contributed by atoms with Crippen molar-refractivity contribution in [3.63, 3.8) is 0 Å². The number of rotatable bonds is 9. The van der Waals surface area contributed by atoms with Gasteiger partial charge in [0.2, 0.25) is 0 Å². The Morgan fingerprint density at radius 3 is 2.64 bits per heavy atom. The highest BCUT2D eigenvalue weighted by Crippen LogP contribution is 2.39. The number of aliphatic hydroxyl groups is 1. The summed E-state index contributed by atoms with van der Waals surface area (Å²) in [6, 6.07) is 7.82. The largest absolute Gasteiger partial charge is 0.389 e. The van der Waals surface area contributed by atoms with Gasteiger partial charge in [-0.3, -0.25) is 4.90 Å². The molecule has 0 heterocycles. The van der Waals surface area contributed by atoms with Crippen molar-refractivity contribution in [1.29, 1.82) is 0 Å². The molecule has 22 heavy (non-hydrogen) atoms. The van der Waals surface area contributed by atoms with Crippen LogP contribution in [0.5, 0.6) is 0 Å². The van der Waals surface area contributed by atoms with Gasteiger partial charge < -0.3 is 9.84 Å². The number of ether oxygens (including phenoxy) is 1. The van der Waals surface area contributed by atoms with E-state index in [4.69, 9.17) is 4.74 Å². The molecular weight excluding hydrogens is 281 g/mol. The van der Waals surface area contributed by atoms with Crippen LogP contribution in [-0.2, 0) is 11.3 Å². The summed E-state index contributed by atoms with van der Waals surface area (Å²) in [6.45, 7) is 3.42. The topological polar surface area (TPSA) is 32.7 Å². The van der Waals surface area contributed by atoms with E-state index in [1.54, 1.807) is 18.2 Å². The number of nitrogens with zero attached hydrogens (tertiary/aromatic N) is 1. The second-order valence-corrected chi connectivity index (χ2v) is 6.77. The van der Waals surface area contributed by atoms with Gasteiger partial charge in [0.15, 0.2) is 0 Å². The molecule has 3 rings (SSSR count). The maximum absolute atomic E-state index is 13.5. The maximum Gasteiger partial charge on any atom is 0.128 e. The van der Waals surface area contributed by atoms with Gasteiger partial charge >= 0.3 is 0 Å². The quantitative estimate of drug-likeness (QED) is 0.761. The fourth-order valence-electron chi connectivity index (χ4n) is 3.12. The number of halogens is 1. The Kier molecular flexibility index (Phi) is 5.11. The van der Waals surface area contributed by atoms with Gasteiger partial charge in [0.1, 0.15) is 5.82 Å². The average molecular weight is 307 g/mol. The Balaban J connectivity index is 1.43. The molecule has 122 valence electrons. The van der Waals surface area contributed by atoms with Crippen molar-refractivity contribution in [2.24, 2.45) is 5.92 Å². The molecular formula is C18H26FNO2. The predicted octanol–water partition coefficient (Wildman–Crippen LogP) is 2.97. The van der Waals surface area contributed by atoms with Gasteiger partial charge in [0.25, 0.3) is 0 Å². The number of aliphatic hydroxyl groups excluding tert-OH is 1. The summed E-state index contributed by atoms with van der Waals surface area (Å²) in [6.07, 6.45) is 4.64. The fourth-order valence-corrected chi connectivity index (χ4v) is 3.12. The van der Waals surface area contributed by atoms with E-state index in [9.17, 15) is 9.50 Å². The lowest BCUT2D eigenvalue weighted by molar-refractivity contribution is -0.000838. The molecule has 0 saturated heterocycles. The summed E-state index contributed by atoms with van der Waals surface area (Å²) in [4.78, 5) is 2.45. The standard InChI is InChI=1S/C18H26FNO2/c1-13(14-6-7-14)20(16-8-9-16)10-17(21)12-22-11-15-4-2-3-5-18(15)19/h2-5,13-14,16-17,21H,6-12H2,1H3. The van der Waals surface area contributed by atoms with Crippen LogP contribution in [0.15, 0.2) is 24.3 Å². The van der Waals surface area contributed by atoms with Gasteiger partial charge in [0.05, 0.1) is 19.3 Å². The van der Waals surface area contributed by atoms with Gasteiger partial charge in [-0.25, -0.2) is 4.39 Å². The minimum atomic E-state index is -0.506. The molecule has 2 atom stereocenters. The second-order valence-electron chi connectivity index (χ2n) is 6.77. The minimum absolute atomic E-state index is 0.214. The maximum atomic E-state index is 13.5. The molecule has 1 aromatic rings. The van der Waals surface area contributed by atoms with E-state index in [1.165, 1.54) is 31.7 Å². The van der Waals surface area contributed by atoms with Crippen LogP contribution in [0, 0.1) is 11.7 Å². The van der Waals surface area contributed by atoms with Gasteiger partial charge in [-0.05, 0) is 44.6 Å². The lowest BCUT2D eigenvalue weighted by Crippen LogP contribution is -2.43. The van der Waals surface area contributed by atoms with Crippen molar-refractivity contribution in [3.8, 4) is 0 Å². The van der Waals surface area contributed by atoms with Crippen molar-refractivity contribution in [3.05, 3.63) is 35.6 Å². The number of hydrogen-bond acceptors (Lipinski definition) is 3. The summed E-state index contributed by atoms with van der Waals surface area (Å²) in [7, 11) is 0. The zero-order chi connectivity index (χ0) is 15.5. The highest BCUT2D eigenvalue weighted by molar-refractivity contribution is 5.16. The average Bonchev–Trinajstić information content (AvgIpc) is 3.39. The van der Waals surface area contributed by atoms with Crippen LogP contribution in [0.4, 0.5) is 4.39 Å². The lowest BCUT2D eigenvalue weighted by Gasteiger charge is -2.31. The van der Waals surface area contributed by atoms with Crippen molar-refractivity contribution in [2.45, 2.75) is 57.4 Å². The van der Waals surface area contributed by atoms with E-state index in [-0.39, 0.29) is 19.0 Å². The SMILES string of the molecule is CC(C1CC1)N(CC(O)COCc1ccccc1F)C1CC1. The molecule has 1 N–H and O–H groups in total. The van der Waals surface area contributed by atoms with Gasteiger partial charge in [0, 0.05) is 24.2 Å². The van der Waals surface area contributed by atoms with E-state index in [1.807, 2.05) is 0 Å². The van der Waals surface area contributed by atoms with E-state index in [2.05, 4.69) is 11.8 Å². The molecule has 2 saturated carbocycles. The Bertz CT molecular complexity index is 488. The van der Waals surface area contributed by atoms with Crippen molar-refractivity contribution in [1.82, 2.24) is 4.90 Å². The Morgan fingerprint density at radius 1 is 1.27 bits per heavy atom. The minimum Gasteiger partial charge on any atom is -0.389 e. The highest BCUT2D eigenvalue weighted by atomic mass is 19.1. The third-order valence-electron chi connectivity index (χ3n) is 4.79. The van der Waals surface area contributed by atoms with Crippen LogP contribution in [0.1, 0.15) is 38.2 Å². The molecule has 1 aromatic carbocycles. The van der Waals surface area contributed by atoms with Crippen LogP contribution >= 0.6 is 0 Å². The first-order valence-corrected chi connectivity index (χ1v) is 8.40. The molecule has 2 unspecified atom stereocenters. The summed E-state index contributed by atoms with van der Waals surface area (Å²) in [5.74, 6) is 0.561. The number of benzene rings is 1. The molecule has 2 aliphatic carbocycles. The van der Waals surface area contributed by atoms with E-state index in [0.717, 1.165) is 5.92 Å². The molecule has 2 fully saturated rings. The zero-order valence-electron chi connectivity index (χ0n) is 13.2. The third kappa shape index (κ3) is 4.28. The van der Waals surface area contributed by atoms with E-state index < -0.39 is 6.10 Å². The summed E-state index contributed by atoms with van der Waals surface area (Å²) in [5, 5.41) is 10.2. The van der Waals surface area contributed by atoms with Gasteiger partial charge in [-0.15, -0.1) is 0 Å². The monoisotopic (exact) mass is 307 g/mol. The Labute approximate surface area is 132 Å². The van der Waals surface area contributed by atoms with Crippen LogP contribution < -0.4 is 0 Å². The van der Waals surface area contributed by atoms with Gasteiger partial charge in [-0.1, -0.05) is 18.2 Å². The third-order valence-corrected chi connectivity index (χ3v) is 4.79. The molecule has 0 aromatic heterocycles. The summed E-state index contributed by atoms with van der Waals surface area (Å²) < 4.78 is 19.0. The molecule has 2 aliphatic rings. The molecule has 0 radical (unpaired) electrons. The van der Waals surface area contributed by atoms with E-state index in [0.29, 0.717) is 24.2 Å². The van der Waals surface area contributed by atoms with Crippen molar-refractivity contribution >= 4 is 0 Å². The molecule has 0 aliphatic heterocycles. The first-order valence-electron chi connectivity index (χ1n) is 8.40.